The van der Waals surface area contributed by atoms with E-state index >= 15 is 0 Å². The van der Waals surface area contributed by atoms with Crippen LogP contribution in [-0.2, 0) is 0 Å². The van der Waals surface area contributed by atoms with E-state index in [0.717, 1.165) is 22.7 Å². The monoisotopic (exact) mass is 382 g/mol. The Balaban J connectivity index is 1.71. The maximum absolute atomic E-state index is 13.3. The first kappa shape index (κ1) is 17.2. The molecule has 0 unspecified atom stereocenters. The first-order chi connectivity index (χ1) is 12.6. The van der Waals surface area contributed by atoms with Crippen molar-refractivity contribution in [1.82, 2.24) is 15.0 Å². The van der Waals surface area contributed by atoms with Crippen LogP contribution in [0.4, 0.5) is 5.69 Å². The lowest BCUT2D eigenvalue weighted by molar-refractivity contribution is 0.0989. The highest BCUT2D eigenvalue weighted by Gasteiger charge is 2.28. The Morgan fingerprint density at radius 1 is 1.19 bits per heavy atom. The molecule has 0 N–H and O–H groups in total. The molecule has 0 saturated heterocycles. The van der Waals surface area contributed by atoms with Crippen LogP contribution in [0, 0.1) is 6.92 Å². The molecule has 0 spiro atoms. The lowest BCUT2D eigenvalue weighted by Gasteiger charge is -2.22. The predicted molar refractivity (Wildman–Crippen MR) is 106 cm³/mol. The molecular weight excluding hydrogens is 364 g/mol. The second-order valence-electron chi connectivity index (χ2n) is 6.15. The SMILES string of the molecule is Cc1nc(-c2ncccn2)sc1C(=O)N1CC[C@@H](C)Sc2ccccc21. The first-order valence-corrected chi connectivity index (χ1v) is 10.2. The van der Waals surface area contributed by atoms with Crippen LogP contribution in [-0.4, -0.2) is 32.7 Å². The van der Waals surface area contributed by atoms with Crippen molar-refractivity contribution in [2.45, 2.75) is 30.4 Å². The van der Waals surface area contributed by atoms with E-state index in [-0.39, 0.29) is 5.91 Å². The molecule has 132 valence electrons. The molecule has 26 heavy (non-hydrogen) atoms. The van der Waals surface area contributed by atoms with Crippen molar-refractivity contribution in [3.05, 3.63) is 53.3 Å². The fourth-order valence-electron chi connectivity index (χ4n) is 2.92. The number of anilines is 1. The highest BCUT2D eigenvalue weighted by Crippen LogP contribution is 2.38. The Morgan fingerprint density at radius 2 is 1.96 bits per heavy atom. The van der Waals surface area contributed by atoms with Crippen LogP contribution in [0.25, 0.3) is 10.8 Å². The van der Waals surface area contributed by atoms with Gasteiger partial charge in [0.15, 0.2) is 10.8 Å². The summed E-state index contributed by atoms with van der Waals surface area (Å²) in [4.78, 5) is 30.1. The summed E-state index contributed by atoms with van der Waals surface area (Å²) in [6.45, 7) is 4.79. The fourth-order valence-corrected chi connectivity index (χ4v) is 5.00. The molecule has 0 radical (unpaired) electrons. The third-order valence-electron chi connectivity index (χ3n) is 4.24. The van der Waals surface area contributed by atoms with Gasteiger partial charge < -0.3 is 4.90 Å². The number of carbonyl (C=O) groups excluding carboxylic acids is 1. The number of hydrogen-bond donors (Lipinski definition) is 0. The van der Waals surface area contributed by atoms with Crippen molar-refractivity contribution in [2.75, 3.05) is 11.4 Å². The van der Waals surface area contributed by atoms with Crippen molar-refractivity contribution >= 4 is 34.7 Å². The summed E-state index contributed by atoms with van der Waals surface area (Å²) >= 11 is 3.19. The Bertz CT molecular complexity index is 942. The number of thioether (sulfide) groups is 1. The van der Waals surface area contributed by atoms with E-state index < -0.39 is 0 Å². The van der Waals surface area contributed by atoms with Gasteiger partial charge in [-0.15, -0.1) is 23.1 Å². The normalized spacial score (nSPS) is 16.8. The molecule has 3 heterocycles. The minimum Gasteiger partial charge on any atom is -0.306 e. The number of benzene rings is 1. The Hall–Kier alpha value is -2.25. The number of aryl methyl sites for hydroxylation is 1. The van der Waals surface area contributed by atoms with Crippen LogP contribution >= 0.6 is 23.1 Å². The molecule has 5 nitrogen and oxygen atoms in total. The highest BCUT2D eigenvalue weighted by atomic mass is 32.2. The number of amides is 1. The van der Waals surface area contributed by atoms with Gasteiger partial charge in [0.1, 0.15) is 4.88 Å². The largest absolute Gasteiger partial charge is 0.306 e. The number of nitrogens with zero attached hydrogens (tertiary/aromatic N) is 4. The summed E-state index contributed by atoms with van der Waals surface area (Å²) in [5.74, 6) is 0.560. The van der Waals surface area contributed by atoms with Gasteiger partial charge >= 0.3 is 0 Å². The van der Waals surface area contributed by atoms with Gasteiger partial charge in [-0.2, -0.15) is 0 Å². The molecule has 2 aromatic heterocycles. The average Bonchev–Trinajstić information content (AvgIpc) is 2.96. The van der Waals surface area contributed by atoms with Gasteiger partial charge in [0, 0.05) is 29.1 Å². The number of hydrogen-bond acceptors (Lipinski definition) is 6. The zero-order chi connectivity index (χ0) is 18.1. The van der Waals surface area contributed by atoms with E-state index in [4.69, 9.17) is 0 Å². The molecule has 1 aliphatic rings. The van der Waals surface area contributed by atoms with Gasteiger partial charge in [-0.3, -0.25) is 4.79 Å². The van der Waals surface area contributed by atoms with Gasteiger partial charge in [-0.05, 0) is 31.5 Å². The van der Waals surface area contributed by atoms with E-state index in [9.17, 15) is 4.79 Å². The zero-order valence-electron chi connectivity index (χ0n) is 14.5. The van der Waals surface area contributed by atoms with Gasteiger partial charge in [-0.25, -0.2) is 15.0 Å². The van der Waals surface area contributed by atoms with E-state index in [2.05, 4.69) is 27.9 Å². The number of thiazole rings is 1. The summed E-state index contributed by atoms with van der Waals surface area (Å²) in [5.41, 5.74) is 1.71. The Kier molecular flexibility index (Phi) is 4.74. The highest BCUT2D eigenvalue weighted by molar-refractivity contribution is 8.00. The molecule has 1 aliphatic heterocycles. The van der Waals surface area contributed by atoms with Gasteiger partial charge in [0.05, 0.1) is 11.4 Å². The molecule has 0 bridgehead atoms. The standard InChI is InChI=1S/C19H18N4OS2/c1-12-8-11-23(14-6-3-4-7-15(14)25-12)19(24)16-13(2)22-18(26-16)17-20-9-5-10-21-17/h3-7,9-10,12H,8,11H2,1-2H3/t12-/m1/s1. The molecular formula is C19H18N4OS2. The molecule has 1 atom stereocenters. The molecule has 1 amide bonds. The smallest absolute Gasteiger partial charge is 0.270 e. The van der Waals surface area contributed by atoms with Crippen molar-refractivity contribution < 1.29 is 4.79 Å². The minimum absolute atomic E-state index is 0.00401. The maximum Gasteiger partial charge on any atom is 0.270 e. The molecule has 0 fully saturated rings. The topological polar surface area (TPSA) is 59.0 Å². The summed E-state index contributed by atoms with van der Waals surface area (Å²) in [6, 6.07) is 9.89. The van der Waals surface area contributed by atoms with Crippen molar-refractivity contribution in [1.29, 1.82) is 0 Å². The minimum atomic E-state index is 0.00401. The number of rotatable bonds is 2. The summed E-state index contributed by atoms with van der Waals surface area (Å²) in [5, 5.41) is 1.15. The van der Waals surface area contributed by atoms with Gasteiger partial charge in [0.2, 0.25) is 0 Å². The number of aromatic nitrogens is 3. The van der Waals surface area contributed by atoms with Crippen LogP contribution < -0.4 is 4.90 Å². The molecule has 0 saturated carbocycles. The first-order valence-electron chi connectivity index (χ1n) is 8.46. The third kappa shape index (κ3) is 3.24. The van der Waals surface area contributed by atoms with E-state index in [1.807, 2.05) is 41.8 Å². The van der Waals surface area contributed by atoms with Crippen LogP contribution in [0.3, 0.4) is 0 Å². The number of carbonyl (C=O) groups is 1. The maximum atomic E-state index is 13.3. The zero-order valence-corrected chi connectivity index (χ0v) is 16.2. The van der Waals surface area contributed by atoms with Crippen LogP contribution in [0.5, 0.6) is 0 Å². The molecule has 3 aromatic rings. The Morgan fingerprint density at radius 3 is 2.77 bits per heavy atom. The van der Waals surface area contributed by atoms with Crippen molar-refractivity contribution in [3.63, 3.8) is 0 Å². The van der Waals surface area contributed by atoms with Crippen LogP contribution in [0.1, 0.15) is 28.7 Å². The summed E-state index contributed by atoms with van der Waals surface area (Å²) in [6.07, 6.45) is 4.33. The third-order valence-corrected chi connectivity index (χ3v) is 6.62. The van der Waals surface area contributed by atoms with Crippen LogP contribution in [0.2, 0.25) is 0 Å². The number of fused-ring (bicyclic) bond motifs is 1. The lowest BCUT2D eigenvalue weighted by Crippen LogP contribution is -2.32. The predicted octanol–water partition coefficient (Wildman–Crippen LogP) is 4.44. The van der Waals surface area contributed by atoms with Gasteiger partial charge in [0.25, 0.3) is 5.91 Å². The molecule has 7 heteroatoms. The summed E-state index contributed by atoms with van der Waals surface area (Å²) < 4.78 is 0. The average molecular weight is 383 g/mol. The van der Waals surface area contributed by atoms with E-state index in [0.29, 0.717) is 27.5 Å². The van der Waals surface area contributed by atoms with E-state index in [1.54, 1.807) is 18.5 Å². The molecule has 4 rings (SSSR count). The van der Waals surface area contributed by atoms with Crippen molar-refractivity contribution in [2.24, 2.45) is 0 Å². The number of para-hydroxylation sites is 1. The second-order valence-corrected chi connectivity index (χ2v) is 8.63. The molecule has 0 aliphatic carbocycles. The second kappa shape index (κ2) is 7.17. The summed E-state index contributed by atoms with van der Waals surface area (Å²) in [7, 11) is 0. The quantitative estimate of drug-likeness (QED) is 0.656. The van der Waals surface area contributed by atoms with E-state index in [1.165, 1.54) is 11.3 Å². The van der Waals surface area contributed by atoms with Crippen molar-refractivity contribution in [3.8, 4) is 10.8 Å². The fraction of sp³-hybridized carbons (Fsp3) is 0.263. The molecule has 1 aromatic carbocycles. The lowest BCUT2D eigenvalue weighted by atomic mass is 10.2. The van der Waals surface area contributed by atoms with Crippen LogP contribution in [0.15, 0.2) is 47.6 Å². The Labute approximate surface area is 160 Å². The van der Waals surface area contributed by atoms with Gasteiger partial charge in [-0.1, -0.05) is 19.1 Å².